The van der Waals surface area contributed by atoms with E-state index in [2.05, 4.69) is 30.4 Å². The Bertz CT molecular complexity index is 984. The van der Waals surface area contributed by atoms with Gasteiger partial charge in [-0.25, -0.2) is 0 Å². The summed E-state index contributed by atoms with van der Waals surface area (Å²) < 4.78 is 10.4. The number of hydrogen-bond donors (Lipinski definition) is 2. The van der Waals surface area contributed by atoms with E-state index in [0.29, 0.717) is 35.8 Å². The van der Waals surface area contributed by atoms with Gasteiger partial charge in [0, 0.05) is 6.54 Å². The zero-order valence-electron chi connectivity index (χ0n) is 13.7. The number of nitrogens with one attached hydrogen (secondary N) is 1. The van der Waals surface area contributed by atoms with Crippen molar-refractivity contribution < 1.29 is 8.94 Å². The summed E-state index contributed by atoms with van der Waals surface area (Å²) in [5.41, 5.74) is 6.89. The molecule has 0 bridgehead atoms. The van der Waals surface area contributed by atoms with Crippen molar-refractivity contribution in [3.05, 3.63) is 65.9 Å². The van der Waals surface area contributed by atoms with E-state index in [4.69, 9.17) is 14.7 Å². The van der Waals surface area contributed by atoms with Gasteiger partial charge in [0.05, 0.1) is 12.7 Å². The summed E-state index contributed by atoms with van der Waals surface area (Å²) in [5, 5.41) is 7.05. The van der Waals surface area contributed by atoms with E-state index in [1.54, 1.807) is 12.1 Å². The fraction of sp³-hybridized carbons (Fsp3) is 0.118. The van der Waals surface area contributed by atoms with Crippen molar-refractivity contribution in [1.82, 2.24) is 25.1 Å². The molecular formula is C17H15N7O2. The van der Waals surface area contributed by atoms with Gasteiger partial charge in [-0.1, -0.05) is 35.5 Å². The summed E-state index contributed by atoms with van der Waals surface area (Å²) in [4.78, 5) is 16.9. The lowest BCUT2D eigenvalue weighted by atomic mass is 10.2. The van der Waals surface area contributed by atoms with Crippen molar-refractivity contribution in [2.24, 2.45) is 0 Å². The fourth-order valence-electron chi connectivity index (χ4n) is 2.34. The molecule has 9 nitrogen and oxygen atoms in total. The molecule has 9 heteroatoms. The minimum absolute atomic E-state index is 0.125. The highest BCUT2D eigenvalue weighted by molar-refractivity contribution is 5.43. The van der Waals surface area contributed by atoms with Crippen LogP contribution in [0, 0.1) is 0 Å². The number of aromatic nitrogens is 5. The normalized spacial score (nSPS) is 10.8. The zero-order chi connectivity index (χ0) is 17.8. The average Bonchev–Trinajstić information content (AvgIpc) is 3.32. The molecule has 0 atom stereocenters. The average molecular weight is 349 g/mol. The lowest BCUT2D eigenvalue weighted by molar-refractivity contribution is 0.410. The Morgan fingerprint density at radius 3 is 2.62 bits per heavy atom. The maximum Gasteiger partial charge on any atom is 0.293 e. The Labute approximate surface area is 148 Å². The molecule has 3 aromatic heterocycles. The first kappa shape index (κ1) is 15.8. The topological polar surface area (TPSA) is 129 Å². The summed E-state index contributed by atoms with van der Waals surface area (Å²) >= 11 is 0. The second-order valence-electron chi connectivity index (χ2n) is 5.44. The molecule has 1 aromatic carbocycles. The first-order chi connectivity index (χ1) is 12.8. The highest BCUT2D eigenvalue weighted by atomic mass is 16.5. The molecule has 26 heavy (non-hydrogen) atoms. The fourth-order valence-corrected chi connectivity index (χ4v) is 2.34. The molecule has 0 fully saturated rings. The molecule has 4 rings (SSSR count). The van der Waals surface area contributed by atoms with Crippen LogP contribution < -0.4 is 11.1 Å². The number of hydrogen-bond acceptors (Lipinski definition) is 9. The van der Waals surface area contributed by atoms with E-state index in [9.17, 15) is 0 Å². The number of nitrogen functional groups attached to an aromatic ring is 1. The van der Waals surface area contributed by atoms with Crippen LogP contribution in [0.4, 0.5) is 11.9 Å². The minimum Gasteiger partial charge on any atom is -0.459 e. The van der Waals surface area contributed by atoms with Gasteiger partial charge < -0.3 is 20.0 Å². The molecule has 0 amide bonds. The second-order valence-corrected chi connectivity index (χ2v) is 5.44. The van der Waals surface area contributed by atoms with Crippen LogP contribution in [0.25, 0.3) is 11.7 Å². The Morgan fingerprint density at radius 2 is 1.81 bits per heavy atom. The standard InChI is InChI=1S/C17H15N7O2/c18-16-21-13(9-14-20-15(26-24-14)12-7-4-8-25-12)22-17(23-16)19-10-11-5-2-1-3-6-11/h1-8H,9-10H2,(H3,18,19,21,22,23). The van der Waals surface area contributed by atoms with Crippen LogP contribution >= 0.6 is 0 Å². The lowest BCUT2D eigenvalue weighted by Crippen LogP contribution is -2.10. The van der Waals surface area contributed by atoms with E-state index in [1.807, 2.05) is 30.3 Å². The van der Waals surface area contributed by atoms with Crippen molar-refractivity contribution in [2.75, 3.05) is 11.1 Å². The Hall–Kier alpha value is -3.75. The van der Waals surface area contributed by atoms with Crippen LogP contribution in [0.2, 0.25) is 0 Å². The first-order valence-electron chi connectivity index (χ1n) is 7.91. The van der Waals surface area contributed by atoms with Crippen LogP contribution in [0.5, 0.6) is 0 Å². The van der Waals surface area contributed by atoms with Gasteiger partial charge in [-0.05, 0) is 17.7 Å². The number of furan rings is 1. The molecule has 0 unspecified atom stereocenters. The van der Waals surface area contributed by atoms with Gasteiger partial charge >= 0.3 is 0 Å². The Balaban J connectivity index is 1.47. The molecule has 3 N–H and O–H groups in total. The predicted molar refractivity (Wildman–Crippen MR) is 92.8 cm³/mol. The third kappa shape index (κ3) is 3.66. The predicted octanol–water partition coefficient (Wildman–Crippen LogP) is 2.30. The lowest BCUT2D eigenvalue weighted by Gasteiger charge is -2.06. The summed E-state index contributed by atoms with van der Waals surface area (Å²) in [5.74, 6) is 2.20. The number of nitrogens with zero attached hydrogens (tertiary/aromatic N) is 5. The third-order valence-corrected chi connectivity index (χ3v) is 3.51. The van der Waals surface area contributed by atoms with Gasteiger partial charge in [0.2, 0.25) is 11.9 Å². The molecule has 0 aliphatic heterocycles. The third-order valence-electron chi connectivity index (χ3n) is 3.51. The number of nitrogens with two attached hydrogens (primary N) is 1. The van der Waals surface area contributed by atoms with Gasteiger partial charge in [0.25, 0.3) is 5.89 Å². The maximum atomic E-state index is 5.78. The molecular weight excluding hydrogens is 334 g/mol. The first-order valence-corrected chi connectivity index (χ1v) is 7.91. The van der Waals surface area contributed by atoms with Crippen LogP contribution in [0.3, 0.4) is 0 Å². The van der Waals surface area contributed by atoms with E-state index in [0.717, 1.165) is 5.56 Å². The summed E-state index contributed by atoms with van der Waals surface area (Å²) in [7, 11) is 0. The molecule has 3 heterocycles. The van der Waals surface area contributed by atoms with Gasteiger partial charge in [0.1, 0.15) is 5.82 Å². The van der Waals surface area contributed by atoms with Gasteiger partial charge in [-0.15, -0.1) is 0 Å². The van der Waals surface area contributed by atoms with Crippen LogP contribution in [-0.4, -0.2) is 25.1 Å². The largest absolute Gasteiger partial charge is 0.459 e. The van der Waals surface area contributed by atoms with Gasteiger partial charge in [-0.2, -0.15) is 19.9 Å². The summed E-state index contributed by atoms with van der Waals surface area (Å²) in [6.07, 6.45) is 1.80. The maximum absolute atomic E-state index is 5.78. The number of benzene rings is 1. The molecule has 130 valence electrons. The molecule has 0 saturated carbocycles. The highest BCUT2D eigenvalue weighted by Crippen LogP contribution is 2.18. The van der Waals surface area contributed by atoms with Gasteiger partial charge in [-0.3, -0.25) is 0 Å². The van der Waals surface area contributed by atoms with Crippen LogP contribution in [0.1, 0.15) is 17.2 Å². The molecule has 0 saturated heterocycles. The van der Waals surface area contributed by atoms with Crippen LogP contribution in [-0.2, 0) is 13.0 Å². The highest BCUT2D eigenvalue weighted by Gasteiger charge is 2.13. The van der Waals surface area contributed by atoms with Crippen molar-refractivity contribution in [1.29, 1.82) is 0 Å². The Morgan fingerprint density at radius 1 is 0.923 bits per heavy atom. The molecule has 0 spiro atoms. The van der Waals surface area contributed by atoms with Crippen molar-refractivity contribution >= 4 is 11.9 Å². The number of anilines is 2. The van der Waals surface area contributed by atoms with E-state index >= 15 is 0 Å². The van der Waals surface area contributed by atoms with Crippen LogP contribution in [0.15, 0.2) is 57.7 Å². The Kier molecular flexibility index (Phi) is 4.25. The number of rotatable bonds is 6. The summed E-state index contributed by atoms with van der Waals surface area (Å²) in [6, 6.07) is 13.4. The molecule has 4 aromatic rings. The second kappa shape index (κ2) is 7.01. The summed E-state index contributed by atoms with van der Waals surface area (Å²) in [6.45, 7) is 0.578. The van der Waals surface area contributed by atoms with E-state index < -0.39 is 0 Å². The molecule has 0 aliphatic carbocycles. The van der Waals surface area contributed by atoms with Gasteiger partial charge in [0.15, 0.2) is 11.6 Å². The van der Waals surface area contributed by atoms with Crippen molar-refractivity contribution in [3.8, 4) is 11.7 Å². The zero-order valence-corrected chi connectivity index (χ0v) is 13.7. The molecule has 0 aliphatic rings. The monoisotopic (exact) mass is 349 g/mol. The molecule has 0 radical (unpaired) electrons. The van der Waals surface area contributed by atoms with Crippen molar-refractivity contribution in [2.45, 2.75) is 13.0 Å². The smallest absolute Gasteiger partial charge is 0.293 e. The van der Waals surface area contributed by atoms with E-state index in [1.165, 1.54) is 6.26 Å². The minimum atomic E-state index is 0.125. The van der Waals surface area contributed by atoms with E-state index in [-0.39, 0.29) is 12.4 Å². The quantitative estimate of drug-likeness (QED) is 0.538. The SMILES string of the molecule is Nc1nc(Cc2noc(-c3ccco3)n2)nc(NCc2ccccc2)n1. The van der Waals surface area contributed by atoms with Crippen molar-refractivity contribution in [3.63, 3.8) is 0 Å².